The van der Waals surface area contributed by atoms with Crippen LogP contribution >= 0.6 is 0 Å². The van der Waals surface area contributed by atoms with Gasteiger partial charge in [-0.3, -0.25) is 4.90 Å². The average Bonchev–Trinajstić information content (AvgIpc) is 2.35. The Balaban J connectivity index is 2.22. The largest absolute Gasteiger partial charge is 0.303 e. The quantitative estimate of drug-likeness (QED) is 0.809. The van der Waals surface area contributed by atoms with Crippen molar-refractivity contribution in [3.05, 3.63) is 35.4 Å². The van der Waals surface area contributed by atoms with Crippen LogP contribution in [0.4, 0.5) is 0 Å². The van der Waals surface area contributed by atoms with Crippen molar-refractivity contribution in [3.8, 4) is 0 Å². The average molecular weight is 246 g/mol. The van der Waals surface area contributed by atoms with Crippen LogP contribution in [0.2, 0.25) is 0 Å². The lowest BCUT2D eigenvalue weighted by molar-refractivity contribution is 0.0379. The minimum atomic E-state index is 0.151. The number of aryl methyl sites for hydroxylation is 1. The molecule has 0 N–H and O–H groups in total. The zero-order chi connectivity index (χ0) is 13.2. The third-order valence-electron chi connectivity index (χ3n) is 4.35. The first kappa shape index (κ1) is 13.6. The van der Waals surface area contributed by atoms with Gasteiger partial charge in [-0.15, -0.1) is 0 Å². The van der Waals surface area contributed by atoms with Crippen LogP contribution in [-0.4, -0.2) is 43.5 Å². The maximum atomic E-state index is 2.49. The lowest BCUT2D eigenvalue weighted by Gasteiger charge is -2.46. The second-order valence-corrected chi connectivity index (χ2v) is 5.88. The van der Waals surface area contributed by atoms with E-state index in [4.69, 9.17) is 0 Å². The Morgan fingerprint density at radius 3 is 2.39 bits per heavy atom. The van der Waals surface area contributed by atoms with Gasteiger partial charge in [0.2, 0.25) is 0 Å². The molecule has 1 fully saturated rings. The summed E-state index contributed by atoms with van der Waals surface area (Å²) in [6.07, 6.45) is 2.41. The van der Waals surface area contributed by atoms with Gasteiger partial charge in [0.15, 0.2) is 0 Å². The summed E-state index contributed by atoms with van der Waals surface area (Å²) in [7, 11) is 4.46. The van der Waals surface area contributed by atoms with Gasteiger partial charge in [-0.1, -0.05) is 37.6 Å². The Hall–Kier alpha value is -0.860. The number of hydrogen-bond acceptors (Lipinski definition) is 2. The predicted molar refractivity (Wildman–Crippen MR) is 77.9 cm³/mol. The Morgan fingerprint density at radius 1 is 1.11 bits per heavy atom. The van der Waals surface area contributed by atoms with Gasteiger partial charge in [-0.2, -0.15) is 0 Å². The van der Waals surface area contributed by atoms with Crippen molar-refractivity contribution in [2.45, 2.75) is 32.2 Å². The van der Waals surface area contributed by atoms with Crippen LogP contribution in [0.1, 0.15) is 31.4 Å². The molecule has 1 heterocycles. The lowest BCUT2D eigenvalue weighted by Crippen LogP contribution is -2.56. The molecule has 1 unspecified atom stereocenters. The lowest BCUT2D eigenvalue weighted by atomic mass is 9.87. The summed E-state index contributed by atoms with van der Waals surface area (Å²) in [5, 5.41) is 0. The van der Waals surface area contributed by atoms with Gasteiger partial charge >= 0.3 is 0 Å². The summed E-state index contributed by atoms with van der Waals surface area (Å²) in [4.78, 5) is 4.92. The molecule has 1 aliphatic rings. The van der Waals surface area contributed by atoms with Crippen molar-refractivity contribution in [3.63, 3.8) is 0 Å². The van der Waals surface area contributed by atoms with Gasteiger partial charge in [0, 0.05) is 19.6 Å². The molecule has 1 aliphatic heterocycles. The van der Waals surface area contributed by atoms with Crippen LogP contribution < -0.4 is 0 Å². The molecule has 0 aliphatic carbocycles. The van der Waals surface area contributed by atoms with Crippen LogP contribution in [-0.2, 0) is 12.0 Å². The zero-order valence-electron chi connectivity index (χ0n) is 12.2. The van der Waals surface area contributed by atoms with Crippen LogP contribution in [0, 0.1) is 0 Å². The van der Waals surface area contributed by atoms with Crippen molar-refractivity contribution in [2.75, 3.05) is 33.7 Å². The highest BCUT2D eigenvalue weighted by atomic mass is 15.3. The number of rotatable bonds is 3. The Morgan fingerprint density at radius 2 is 1.78 bits per heavy atom. The number of likely N-dealkylation sites (N-methyl/N-ethyl adjacent to an activating group) is 2. The molecular weight excluding hydrogens is 220 g/mol. The molecule has 0 saturated carbocycles. The Labute approximate surface area is 112 Å². The third kappa shape index (κ3) is 2.60. The molecule has 1 saturated heterocycles. The topological polar surface area (TPSA) is 6.48 Å². The van der Waals surface area contributed by atoms with E-state index in [1.54, 1.807) is 0 Å². The normalized spacial score (nSPS) is 26.4. The molecule has 0 radical (unpaired) electrons. The van der Waals surface area contributed by atoms with Gasteiger partial charge in [0.25, 0.3) is 0 Å². The predicted octanol–water partition coefficient (Wildman–Crippen LogP) is 2.73. The molecule has 0 aromatic heterocycles. The number of hydrogen-bond donors (Lipinski definition) is 0. The molecule has 0 spiro atoms. The minimum Gasteiger partial charge on any atom is -0.303 e. The molecule has 2 heteroatoms. The van der Waals surface area contributed by atoms with E-state index in [9.17, 15) is 0 Å². The number of piperazine rings is 1. The van der Waals surface area contributed by atoms with Crippen molar-refractivity contribution in [1.29, 1.82) is 0 Å². The van der Waals surface area contributed by atoms with Crippen LogP contribution in [0.25, 0.3) is 0 Å². The van der Waals surface area contributed by atoms with Gasteiger partial charge in [0.05, 0.1) is 5.54 Å². The van der Waals surface area contributed by atoms with E-state index in [2.05, 4.69) is 62.0 Å². The SMILES string of the molecule is CCCc1ccc(C2(C)CN(C)CCN2C)cc1. The molecule has 1 aromatic rings. The molecule has 1 atom stereocenters. The first-order valence-electron chi connectivity index (χ1n) is 7.05. The second kappa shape index (κ2) is 5.41. The molecule has 100 valence electrons. The van der Waals surface area contributed by atoms with Crippen molar-refractivity contribution < 1.29 is 0 Å². The van der Waals surface area contributed by atoms with E-state index in [1.165, 1.54) is 30.5 Å². The summed E-state index contributed by atoms with van der Waals surface area (Å²) < 4.78 is 0. The monoisotopic (exact) mass is 246 g/mol. The number of nitrogens with zero attached hydrogens (tertiary/aromatic N) is 2. The summed E-state index contributed by atoms with van der Waals surface area (Å²) >= 11 is 0. The highest BCUT2D eigenvalue weighted by Crippen LogP contribution is 2.30. The summed E-state index contributed by atoms with van der Waals surface area (Å²) in [6.45, 7) is 8.01. The van der Waals surface area contributed by atoms with E-state index in [-0.39, 0.29) is 5.54 Å². The zero-order valence-corrected chi connectivity index (χ0v) is 12.2. The molecular formula is C16H26N2. The van der Waals surface area contributed by atoms with E-state index < -0.39 is 0 Å². The second-order valence-electron chi connectivity index (χ2n) is 5.88. The van der Waals surface area contributed by atoms with E-state index in [0.29, 0.717) is 0 Å². The molecule has 1 aromatic carbocycles. The smallest absolute Gasteiger partial charge is 0.0557 e. The van der Waals surface area contributed by atoms with Crippen molar-refractivity contribution in [1.82, 2.24) is 9.80 Å². The molecule has 0 amide bonds. The van der Waals surface area contributed by atoms with Crippen LogP contribution in [0.5, 0.6) is 0 Å². The fourth-order valence-corrected chi connectivity index (χ4v) is 2.92. The molecule has 18 heavy (non-hydrogen) atoms. The van der Waals surface area contributed by atoms with Gasteiger partial charge in [-0.25, -0.2) is 0 Å². The van der Waals surface area contributed by atoms with Crippen LogP contribution in [0.3, 0.4) is 0 Å². The highest BCUT2D eigenvalue weighted by molar-refractivity contribution is 5.29. The van der Waals surface area contributed by atoms with E-state index in [1.807, 2.05) is 0 Å². The van der Waals surface area contributed by atoms with Crippen molar-refractivity contribution in [2.24, 2.45) is 0 Å². The maximum Gasteiger partial charge on any atom is 0.0557 e. The summed E-state index contributed by atoms with van der Waals surface area (Å²) in [5.74, 6) is 0. The fourth-order valence-electron chi connectivity index (χ4n) is 2.92. The third-order valence-corrected chi connectivity index (χ3v) is 4.35. The number of benzene rings is 1. The standard InChI is InChI=1S/C16H26N2/c1-5-6-14-7-9-15(10-8-14)16(2)13-17(3)11-12-18(16)4/h7-10H,5-6,11-13H2,1-4H3. The summed E-state index contributed by atoms with van der Waals surface area (Å²) in [6, 6.07) is 9.24. The molecule has 0 bridgehead atoms. The van der Waals surface area contributed by atoms with Gasteiger partial charge in [-0.05, 0) is 38.6 Å². The van der Waals surface area contributed by atoms with E-state index >= 15 is 0 Å². The summed E-state index contributed by atoms with van der Waals surface area (Å²) in [5.41, 5.74) is 3.05. The molecule has 2 nitrogen and oxygen atoms in total. The van der Waals surface area contributed by atoms with Gasteiger partial charge in [0.1, 0.15) is 0 Å². The van der Waals surface area contributed by atoms with Crippen molar-refractivity contribution >= 4 is 0 Å². The minimum absolute atomic E-state index is 0.151. The first-order chi connectivity index (χ1) is 8.56. The van der Waals surface area contributed by atoms with Crippen LogP contribution in [0.15, 0.2) is 24.3 Å². The Bertz CT molecular complexity index is 385. The maximum absolute atomic E-state index is 2.49. The highest BCUT2D eigenvalue weighted by Gasteiger charge is 2.35. The van der Waals surface area contributed by atoms with Gasteiger partial charge < -0.3 is 4.90 Å². The van der Waals surface area contributed by atoms with E-state index in [0.717, 1.165) is 13.1 Å². The first-order valence-corrected chi connectivity index (χ1v) is 7.05. The Kier molecular flexibility index (Phi) is 4.08. The fraction of sp³-hybridized carbons (Fsp3) is 0.625. The molecule has 2 rings (SSSR count).